The molecular formula is C26H34NSi+. The van der Waals surface area contributed by atoms with Gasteiger partial charge in [-0.15, -0.1) is 0 Å². The van der Waals surface area contributed by atoms with E-state index in [9.17, 15) is 0 Å². The van der Waals surface area contributed by atoms with Crippen LogP contribution in [0, 0.1) is 20.8 Å². The van der Waals surface area contributed by atoms with Gasteiger partial charge >= 0.3 is 0 Å². The van der Waals surface area contributed by atoms with Crippen molar-refractivity contribution in [3.05, 3.63) is 64.8 Å². The molecule has 3 aromatic rings. The summed E-state index contributed by atoms with van der Waals surface area (Å²) >= 11 is 0. The lowest BCUT2D eigenvalue weighted by molar-refractivity contribution is -0.665. The van der Waals surface area contributed by atoms with Gasteiger partial charge in [0.05, 0.1) is 6.76 Å². The number of benzene rings is 2. The van der Waals surface area contributed by atoms with Crippen LogP contribution in [0.5, 0.6) is 0 Å². The zero-order chi connectivity index (χ0) is 20.9. The fourth-order valence-corrected chi connectivity index (χ4v) is 7.31. The van der Waals surface area contributed by atoms with Gasteiger partial charge in [0, 0.05) is 26.6 Å². The Morgan fingerprint density at radius 3 is 2.43 bits per heavy atom. The van der Waals surface area contributed by atoms with E-state index in [0.29, 0.717) is 12.0 Å². The molecule has 0 spiro atoms. The molecule has 2 aromatic carbocycles. The molecule has 0 N–H and O–H groups in total. The first-order valence-corrected chi connectivity index (χ1v) is 14.1. The van der Waals surface area contributed by atoms with Gasteiger partial charge in [0.15, 0.2) is 5.69 Å². The molecule has 0 atom stereocenters. The number of nitrogens with zero attached hydrogens (tertiary/aromatic N) is 1. The third-order valence-corrected chi connectivity index (χ3v) is 10.2. The molecule has 1 aromatic heterocycles. The number of rotatable bonds is 2. The second-order valence-corrected chi connectivity index (χ2v) is 15.0. The third-order valence-electron chi connectivity index (χ3n) is 6.91. The van der Waals surface area contributed by atoms with Crippen LogP contribution in [0.3, 0.4) is 0 Å². The van der Waals surface area contributed by atoms with Crippen molar-refractivity contribution in [1.29, 1.82) is 0 Å². The van der Waals surface area contributed by atoms with Gasteiger partial charge < -0.3 is 0 Å². The Hall–Kier alpha value is -1.93. The fourth-order valence-electron chi connectivity index (χ4n) is 4.80. The summed E-state index contributed by atoms with van der Waals surface area (Å²) in [6.07, 6.45) is 2.64. The van der Waals surface area contributed by atoms with Crippen molar-refractivity contribution in [2.45, 2.75) is 64.7 Å². The van der Waals surface area contributed by atoms with Crippen LogP contribution in [0.4, 0.5) is 0 Å². The highest BCUT2D eigenvalue weighted by Gasteiger charge is 2.29. The lowest BCUT2D eigenvalue weighted by Crippen LogP contribution is -2.35. The molecule has 0 saturated carbocycles. The molecule has 2 heteroatoms. The zero-order valence-corrected chi connectivity index (χ0v) is 19.3. The predicted octanol–water partition coefficient (Wildman–Crippen LogP) is 6.84. The Kier molecular flexibility index (Phi) is 4.63. The molecule has 0 bridgehead atoms. The van der Waals surface area contributed by atoms with Gasteiger partial charge in [0.25, 0.3) is 0 Å². The van der Waals surface area contributed by atoms with Crippen molar-refractivity contribution in [2.75, 3.05) is 0 Å². The highest BCUT2D eigenvalue weighted by atomic mass is 28.3. The molecule has 1 nitrogen and oxygen atoms in total. The number of aromatic nitrogens is 1. The van der Waals surface area contributed by atoms with Crippen molar-refractivity contribution in [1.82, 2.24) is 0 Å². The Balaban J connectivity index is 1.89. The minimum absolute atomic E-state index is 0.665. The summed E-state index contributed by atoms with van der Waals surface area (Å²) in [5, 5.41) is 2.31. The van der Waals surface area contributed by atoms with Crippen LogP contribution in [0.15, 0.2) is 42.4 Å². The Labute approximate surface area is 172 Å². The Bertz CT molecular complexity index is 1090. The van der Waals surface area contributed by atoms with E-state index in [1.54, 1.807) is 0 Å². The highest BCUT2D eigenvalue weighted by molar-refractivity contribution is 6.77. The summed E-state index contributed by atoms with van der Waals surface area (Å²) in [6, 6.07) is 17.2. The van der Waals surface area contributed by atoms with E-state index >= 15 is 0 Å². The van der Waals surface area contributed by atoms with E-state index in [-0.39, 0.29) is 0 Å². The van der Waals surface area contributed by atoms with E-state index in [1.165, 1.54) is 58.3 Å². The van der Waals surface area contributed by atoms with E-state index in [1.807, 2.05) is 0 Å². The van der Waals surface area contributed by atoms with E-state index in [0.717, 1.165) is 11.1 Å². The quantitative estimate of drug-likeness (QED) is 0.333. The second kappa shape index (κ2) is 7.15. The number of pyridine rings is 1. The maximum atomic E-state index is 8.84. The maximum Gasteiger partial charge on any atom is 0.220 e. The first-order chi connectivity index (χ1) is 13.7. The van der Waals surface area contributed by atoms with E-state index in [4.69, 9.17) is 1.37 Å². The van der Waals surface area contributed by atoms with Crippen LogP contribution >= 0.6 is 0 Å². The molecule has 4 rings (SSSR count). The van der Waals surface area contributed by atoms with Crippen LogP contribution in [0.25, 0.3) is 22.0 Å². The molecular weight excluding hydrogens is 354 g/mol. The lowest BCUT2D eigenvalue weighted by atomic mass is 9.90. The average Bonchev–Trinajstić information content (AvgIpc) is 2.69. The van der Waals surface area contributed by atoms with Gasteiger partial charge in [0.2, 0.25) is 5.69 Å². The summed E-state index contributed by atoms with van der Waals surface area (Å²) < 4.78 is 11.1. The summed E-state index contributed by atoms with van der Waals surface area (Å²) in [7, 11) is 1.15. The topological polar surface area (TPSA) is 3.88 Å². The van der Waals surface area contributed by atoms with Crippen LogP contribution in [-0.4, -0.2) is 8.07 Å². The molecule has 2 heterocycles. The molecule has 1 saturated heterocycles. The molecule has 0 aliphatic carbocycles. The maximum absolute atomic E-state index is 8.84. The number of hydrogen-bond donors (Lipinski definition) is 0. The van der Waals surface area contributed by atoms with Gasteiger partial charge in [-0.1, -0.05) is 55.0 Å². The minimum Gasteiger partial charge on any atom is -0.198 e. The van der Waals surface area contributed by atoms with Crippen molar-refractivity contribution in [3.63, 3.8) is 0 Å². The van der Waals surface area contributed by atoms with E-state index in [2.05, 4.69) is 81.9 Å². The molecule has 146 valence electrons. The first kappa shape index (κ1) is 18.1. The van der Waals surface area contributed by atoms with Crippen molar-refractivity contribution >= 4 is 18.8 Å². The Morgan fingerprint density at radius 2 is 1.71 bits per heavy atom. The SMILES string of the molecule is [2H]c1c(C)[n+](C)c(-c2cc(C)ccc2C)c2ccc(C3CC[Si](C)(C)CC3)cc12. The average molecular weight is 390 g/mol. The van der Waals surface area contributed by atoms with E-state index < -0.39 is 8.07 Å². The molecule has 0 unspecified atom stereocenters. The first-order valence-electron chi connectivity index (χ1n) is 11.2. The summed E-state index contributed by atoms with van der Waals surface area (Å²) in [6.45, 7) is 11.5. The normalized spacial score (nSPS) is 17.7. The molecule has 0 amide bonds. The number of hydrogen-bond acceptors (Lipinski definition) is 0. The van der Waals surface area contributed by atoms with Gasteiger partial charge in [-0.2, -0.15) is 4.57 Å². The summed E-state index contributed by atoms with van der Waals surface area (Å²) in [4.78, 5) is 0. The lowest BCUT2D eigenvalue weighted by Gasteiger charge is -2.33. The van der Waals surface area contributed by atoms with Crippen LogP contribution in [0.1, 0.15) is 42.5 Å². The standard InChI is InChI=1S/C26H34NSi/c1-18-7-8-19(2)25(15-18)26-24-10-9-22(17-23(24)16-20(3)27(26)4)21-11-13-28(5,6)14-12-21/h7-10,15-17,21H,11-14H2,1-6H3/q+1/i16D. The summed E-state index contributed by atoms with van der Waals surface area (Å²) in [5.74, 6) is 0.665. The molecule has 1 aliphatic rings. The van der Waals surface area contributed by atoms with Crippen LogP contribution in [0.2, 0.25) is 25.2 Å². The van der Waals surface area contributed by atoms with Gasteiger partial charge in [-0.3, -0.25) is 0 Å². The fraction of sp³-hybridized carbons (Fsp3) is 0.423. The Morgan fingerprint density at radius 1 is 1.00 bits per heavy atom. The van der Waals surface area contributed by atoms with Crippen molar-refractivity contribution in [3.8, 4) is 11.3 Å². The van der Waals surface area contributed by atoms with Gasteiger partial charge in [-0.05, 0) is 61.3 Å². The summed E-state index contributed by atoms with van der Waals surface area (Å²) in [5.41, 5.74) is 7.54. The van der Waals surface area contributed by atoms with Crippen LogP contribution < -0.4 is 4.57 Å². The molecule has 0 radical (unpaired) electrons. The van der Waals surface area contributed by atoms with Gasteiger partial charge in [-0.25, -0.2) is 0 Å². The highest BCUT2D eigenvalue weighted by Crippen LogP contribution is 2.39. The van der Waals surface area contributed by atoms with Crippen molar-refractivity contribution < 1.29 is 5.94 Å². The smallest absolute Gasteiger partial charge is 0.198 e. The predicted molar refractivity (Wildman–Crippen MR) is 124 cm³/mol. The van der Waals surface area contributed by atoms with Gasteiger partial charge in [0.1, 0.15) is 7.05 Å². The monoisotopic (exact) mass is 389 g/mol. The number of fused-ring (bicyclic) bond motifs is 1. The van der Waals surface area contributed by atoms with Crippen molar-refractivity contribution in [2.24, 2.45) is 7.05 Å². The van der Waals surface area contributed by atoms with Crippen LogP contribution in [-0.2, 0) is 7.05 Å². The minimum atomic E-state index is -0.951. The molecule has 28 heavy (non-hydrogen) atoms. The zero-order valence-electron chi connectivity index (χ0n) is 19.3. The molecule has 1 aliphatic heterocycles. The third kappa shape index (κ3) is 3.55. The largest absolute Gasteiger partial charge is 0.220 e. The molecule has 1 fully saturated rings. The number of aryl methyl sites for hydroxylation is 2. The second-order valence-electron chi connectivity index (χ2n) is 9.68.